The predicted molar refractivity (Wildman–Crippen MR) is 90.9 cm³/mol. The first-order chi connectivity index (χ1) is 10.6. The summed E-state index contributed by atoms with van der Waals surface area (Å²) < 4.78 is 0. The number of likely N-dealkylation sites (tertiary alicyclic amines) is 1. The average molecular weight is 303 g/mol. The molecule has 1 aliphatic heterocycles. The zero-order valence-corrected chi connectivity index (χ0v) is 14.1. The maximum absolute atomic E-state index is 11.4. The van der Waals surface area contributed by atoms with Crippen LogP contribution in [-0.2, 0) is 13.0 Å². The van der Waals surface area contributed by atoms with Gasteiger partial charge in [0.1, 0.15) is 0 Å². The molecule has 122 valence electrons. The summed E-state index contributed by atoms with van der Waals surface area (Å²) in [7, 11) is 1.66. The monoisotopic (exact) mass is 303 g/mol. The van der Waals surface area contributed by atoms with Gasteiger partial charge in [-0.25, -0.2) is 4.79 Å². The molecule has 22 heavy (non-hydrogen) atoms. The van der Waals surface area contributed by atoms with Gasteiger partial charge < -0.3 is 10.6 Å². The molecule has 0 aliphatic carbocycles. The van der Waals surface area contributed by atoms with Gasteiger partial charge in [-0.1, -0.05) is 38.1 Å². The third-order valence-corrected chi connectivity index (χ3v) is 4.14. The van der Waals surface area contributed by atoms with Gasteiger partial charge in [0.15, 0.2) is 0 Å². The summed E-state index contributed by atoms with van der Waals surface area (Å²) in [6, 6.07) is 9.17. The Morgan fingerprint density at radius 1 is 1.27 bits per heavy atom. The van der Waals surface area contributed by atoms with E-state index >= 15 is 0 Å². The molecule has 1 heterocycles. The molecule has 1 unspecified atom stereocenters. The molecule has 1 aliphatic rings. The van der Waals surface area contributed by atoms with Crippen molar-refractivity contribution in [2.75, 3.05) is 20.1 Å². The number of nitrogens with one attached hydrogen (secondary N) is 2. The Balaban J connectivity index is 1.85. The number of urea groups is 1. The number of carbonyl (C=O) groups is 1. The van der Waals surface area contributed by atoms with E-state index in [1.54, 1.807) is 7.05 Å². The molecule has 0 aromatic heterocycles. The number of amides is 2. The van der Waals surface area contributed by atoms with Crippen LogP contribution >= 0.6 is 0 Å². The lowest BCUT2D eigenvalue weighted by Crippen LogP contribution is -2.49. The van der Waals surface area contributed by atoms with Crippen LogP contribution < -0.4 is 10.6 Å². The summed E-state index contributed by atoms with van der Waals surface area (Å²) in [6.45, 7) is 7.51. The second-order valence-electron chi connectivity index (χ2n) is 6.71. The maximum Gasteiger partial charge on any atom is 0.314 e. The fraction of sp³-hybridized carbons (Fsp3) is 0.611. The molecule has 2 amide bonds. The van der Waals surface area contributed by atoms with Crippen LogP contribution in [0.1, 0.15) is 37.8 Å². The number of nitrogens with zero attached hydrogens (tertiary/aromatic N) is 1. The minimum atomic E-state index is -0.0788. The highest BCUT2D eigenvalue weighted by atomic mass is 16.2. The van der Waals surface area contributed by atoms with Crippen molar-refractivity contribution in [1.82, 2.24) is 15.5 Å². The molecule has 0 saturated carbocycles. The third kappa shape index (κ3) is 5.34. The Labute approximate surface area is 134 Å². The van der Waals surface area contributed by atoms with Crippen LogP contribution in [0.15, 0.2) is 24.3 Å². The fourth-order valence-electron chi connectivity index (χ4n) is 3.08. The van der Waals surface area contributed by atoms with Gasteiger partial charge in [-0.05, 0) is 42.9 Å². The van der Waals surface area contributed by atoms with Crippen molar-refractivity contribution in [3.05, 3.63) is 35.4 Å². The minimum absolute atomic E-state index is 0.0788. The number of rotatable bonds is 5. The normalized spacial score (nSPS) is 19.2. The van der Waals surface area contributed by atoms with E-state index in [1.807, 2.05) is 0 Å². The topological polar surface area (TPSA) is 44.4 Å². The zero-order valence-electron chi connectivity index (χ0n) is 14.1. The highest BCUT2D eigenvalue weighted by Gasteiger charge is 2.20. The molecular weight excluding hydrogens is 274 g/mol. The first kappa shape index (κ1) is 16.8. The van der Waals surface area contributed by atoms with Crippen molar-refractivity contribution in [3.8, 4) is 0 Å². The Bertz CT molecular complexity index is 470. The smallest absolute Gasteiger partial charge is 0.314 e. The second-order valence-corrected chi connectivity index (χ2v) is 6.71. The van der Waals surface area contributed by atoms with Gasteiger partial charge in [0, 0.05) is 26.2 Å². The first-order valence-electron chi connectivity index (χ1n) is 8.35. The van der Waals surface area contributed by atoms with Gasteiger partial charge in [0.05, 0.1) is 0 Å². The van der Waals surface area contributed by atoms with Crippen LogP contribution in [-0.4, -0.2) is 37.1 Å². The Kier molecular flexibility index (Phi) is 6.25. The SMILES string of the molecule is CNC(=O)NC1CCCN(Cc2ccc(CC(C)C)cc2)C1. The summed E-state index contributed by atoms with van der Waals surface area (Å²) >= 11 is 0. The Hall–Kier alpha value is -1.55. The molecule has 0 bridgehead atoms. The van der Waals surface area contributed by atoms with E-state index in [0.717, 1.165) is 38.9 Å². The van der Waals surface area contributed by atoms with E-state index < -0.39 is 0 Å². The van der Waals surface area contributed by atoms with Crippen molar-refractivity contribution in [3.63, 3.8) is 0 Å². The maximum atomic E-state index is 11.4. The average Bonchev–Trinajstić information content (AvgIpc) is 2.49. The van der Waals surface area contributed by atoms with E-state index in [9.17, 15) is 4.79 Å². The van der Waals surface area contributed by atoms with E-state index in [2.05, 4.69) is 53.6 Å². The lowest BCUT2D eigenvalue weighted by molar-refractivity contribution is 0.181. The van der Waals surface area contributed by atoms with Gasteiger partial charge in [0.25, 0.3) is 0 Å². The summed E-state index contributed by atoms with van der Waals surface area (Å²) in [6.07, 6.45) is 3.35. The standard InChI is InChI=1S/C18H29N3O/c1-14(2)11-15-6-8-16(9-7-15)12-21-10-4-5-17(13-21)20-18(22)19-3/h6-9,14,17H,4-5,10-13H2,1-3H3,(H2,19,20,22). The molecule has 4 heteroatoms. The van der Waals surface area contributed by atoms with Crippen LogP contribution in [0.4, 0.5) is 4.79 Å². The van der Waals surface area contributed by atoms with Crippen molar-refractivity contribution < 1.29 is 4.79 Å². The zero-order chi connectivity index (χ0) is 15.9. The van der Waals surface area contributed by atoms with E-state index in [0.29, 0.717) is 5.92 Å². The molecule has 2 rings (SSSR count). The number of piperidine rings is 1. The second kappa shape index (κ2) is 8.18. The molecular formula is C18H29N3O. The quantitative estimate of drug-likeness (QED) is 0.878. The highest BCUT2D eigenvalue weighted by Crippen LogP contribution is 2.15. The largest absolute Gasteiger partial charge is 0.341 e. The molecule has 1 aromatic carbocycles. The van der Waals surface area contributed by atoms with E-state index in [-0.39, 0.29) is 12.1 Å². The Morgan fingerprint density at radius 3 is 2.59 bits per heavy atom. The number of hydrogen-bond acceptors (Lipinski definition) is 2. The van der Waals surface area contributed by atoms with Crippen LogP contribution in [0.2, 0.25) is 0 Å². The summed E-state index contributed by atoms with van der Waals surface area (Å²) in [5.41, 5.74) is 2.77. The number of carbonyl (C=O) groups excluding carboxylic acids is 1. The summed E-state index contributed by atoms with van der Waals surface area (Å²) in [4.78, 5) is 13.9. The highest BCUT2D eigenvalue weighted by molar-refractivity contribution is 5.73. The van der Waals surface area contributed by atoms with Crippen LogP contribution in [0.3, 0.4) is 0 Å². The molecule has 1 atom stereocenters. The lowest BCUT2D eigenvalue weighted by Gasteiger charge is -2.33. The summed E-state index contributed by atoms with van der Waals surface area (Å²) in [5.74, 6) is 0.699. The first-order valence-corrected chi connectivity index (χ1v) is 8.35. The molecule has 4 nitrogen and oxygen atoms in total. The van der Waals surface area contributed by atoms with Crippen molar-refractivity contribution in [2.45, 2.75) is 45.7 Å². The molecule has 2 N–H and O–H groups in total. The molecule has 0 spiro atoms. The molecule has 1 fully saturated rings. The van der Waals surface area contributed by atoms with Crippen LogP contribution in [0.25, 0.3) is 0 Å². The molecule has 0 radical (unpaired) electrons. The third-order valence-electron chi connectivity index (χ3n) is 4.14. The van der Waals surface area contributed by atoms with Gasteiger partial charge in [0.2, 0.25) is 0 Å². The van der Waals surface area contributed by atoms with Crippen molar-refractivity contribution in [2.24, 2.45) is 5.92 Å². The summed E-state index contributed by atoms with van der Waals surface area (Å²) in [5, 5.41) is 5.65. The minimum Gasteiger partial charge on any atom is -0.341 e. The van der Waals surface area contributed by atoms with Crippen molar-refractivity contribution >= 4 is 6.03 Å². The predicted octanol–water partition coefficient (Wildman–Crippen LogP) is 2.78. The molecule has 1 saturated heterocycles. The van der Waals surface area contributed by atoms with Crippen LogP contribution in [0, 0.1) is 5.92 Å². The fourth-order valence-corrected chi connectivity index (χ4v) is 3.08. The number of benzene rings is 1. The van der Waals surface area contributed by atoms with Crippen LogP contribution in [0.5, 0.6) is 0 Å². The van der Waals surface area contributed by atoms with Gasteiger partial charge in [-0.3, -0.25) is 4.90 Å². The van der Waals surface area contributed by atoms with Gasteiger partial charge in [-0.15, -0.1) is 0 Å². The number of hydrogen-bond donors (Lipinski definition) is 2. The molecule has 1 aromatic rings. The van der Waals surface area contributed by atoms with Crippen molar-refractivity contribution in [1.29, 1.82) is 0 Å². The lowest BCUT2D eigenvalue weighted by atomic mass is 10.0. The van der Waals surface area contributed by atoms with E-state index in [4.69, 9.17) is 0 Å². The van der Waals surface area contributed by atoms with E-state index in [1.165, 1.54) is 11.1 Å². The van der Waals surface area contributed by atoms with Gasteiger partial charge >= 0.3 is 6.03 Å². The Morgan fingerprint density at radius 2 is 1.95 bits per heavy atom. The van der Waals surface area contributed by atoms with Gasteiger partial charge in [-0.2, -0.15) is 0 Å².